The molecule has 3 heterocycles. The molecule has 1 atom stereocenters. The minimum Gasteiger partial charge on any atom is -0.283 e. The van der Waals surface area contributed by atoms with Crippen molar-refractivity contribution in [3.8, 4) is 11.4 Å². The maximum atomic E-state index is 4.34. The van der Waals surface area contributed by atoms with E-state index in [2.05, 4.69) is 63.6 Å². The first-order chi connectivity index (χ1) is 11.0. The molecule has 2 N–H and O–H groups in total. The Kier molecular flexibility index (Phi) is 4.27. The molecule has 0 radical (unpaired) electrons. The van der Waals surface area contributed by atoms with Crippen LogP contribution in [0.5, 0.6) is 0 Å². The second-order valence-corrected chi connectivity index (χ2v) is 6.56. The van der Waals surface area contributed by atoms with Crippen LogP contribution in [0.15, 0.2) is 18.3 Å². The molecule has 0 fully saturated rings. The lowest BCUT2D eigenvalue weighted by atomic mass is 10.1. The molecule has 0 saturated carbocycles. The van der Waals surface area contributed by atoms with E-state index >= 15 is 0 Å². The lowest BCUT2D eigenvalue weighted by Gasteiger charge is -2.08. The van der Waals surface area contributed by atoms with Crippen molar-refractivity contribution in [3.05, 3.63) is 35.4 Å². The number of nitrogens with one attached hydrogen (secondary N) is 2. The van der Waals surface area contributed by atoms with Gasteiger partial charge < -0.3 is 0 Å². The Morgan fingerprint density at radius 1 is 1.04 bits per heavy atom. The molecule has 0 aliphatic heterocycles. The van der Waals surface area contributed by atoms with Gasteiger partial charge in [0.25, 0.3) is 0 Å². The topological polar surface area (TPSA) is 88.1 Å². The number of nitrogens with zero attached hydrogens (tertiary/aromatic N) is 5. The number of rotatable bonds is 6. The van der Waals surface area contributed by atoms with E-state index in [1.807, 2.05) is 17.8 Å². The van der Waals surface area contributed by atoms with Gasteiger partial charge in [0.1, 0.15) is 11.4 Å². The average molecular weight is 313 g/mol. The van der Waals surface area contributed by atoms with Crippen LogP contribution in [-0.4, -0.2) is 35.4 Å². The van der Waals surface area contributed by atoms with Gasteiger partial charge in [-0.25, -0.2) is 4.68 Å². The quantitative estimate of drug-likeness (QED) is 0.732. The molecule has 23 heavy (non-hydrogen) atoms. The van der Waals surface area contributed by atoms with Gasteiger partial charge in [0.15, 0.2) is 0 Å². The first kappa shape index (κ1) is 15.5. The molecule has 0 bridgehead atoms. The molecule has 3 aromatic rings. The molecule has 0 amide bonds. The molecule has 0 spiro atoms. The molecule has 0 aliphatic carbocycles. The van der Waals surface area contributed by atoms with Gasteiger partial charge in [-0.3, -0.25) is 10.2 Å². The number of aromatic nitrogens is 7. The minimum atomic E-state index is 0.188. The van der Waals surface area contributed by atoms with Crippen molar-refractivity contribution >= 4 is 0 Å². The Labute approximate surface area is 135 Å². The highest BCUT2D eigenvalue weighted by molar-refractivity contribution is 5.52. The smallest absolute Gasteiger partial charge is 0.133 e. The summed E-state index contributed by atoms with van der Waals surface area (Å²) in [5.41, 5.74) is 4.87. The van der Waals surface area contributed by atoms with Gasteiger partial charge in [-0.1, -0.05) is 19.1 Å². The van der Waals surface area contributed by atoms with Crippen molar-refractivity contribution in [3.63, 3.8) is 0 Å². The number of aryl methyl sites for hydroxylation is 1. The number of hydrogen-bond donors (Lipinski definition) is 2. The average Bonchev–Trinajstić information content (AvgIpc) is 3.18. The van der Waals surface area contributed by atoms with Gasteiger partial charge in [-0.2, -0.15) is 10.2 Å². The molecular weight excluding hydrogens is 290 g/mol. The van der Waals surface area contributed by atoms with Gasteiger partial charge in [0, 0.05) is 17.8 Å². The summed E-state index contributed by atoms with van der Waals surface area (Å²) < 4.78 is 1.87. The van der Waals surface area contributed by atoms with Crippen LogP contribution >= 0.6 is 0 Å². The summed E-state index contributed by atoms with van der Waals surface area (Å²) in [6.07, 6.45) is 3.74. The van der Waals surface area contributed by atoms with Crippen LogP contribution in [0.3, 0.4) is 0 Å². The fourth-order valence-electron chi connectivity index (χ4n) is 2.62. The Morgan fingerprint density at radius 3 is 2.57 bits per heavy atom. The first-order valence-corrected chi connectivity index (χ1v) is 7.98. The van der Waals surface area contributed by atoms with Crippen LogP contribution in [0.1, 0.15) is 43.9 Å². The zero-order chi connectivity index (χ0) is 16.4. The van der Waals surface area contributed by atoms with Crippen LogP contribution in [-0.2, 0) is 12.8 Å². The second kappa shape index (κ2) is 6.36. The predicted molar refractivity (Wildman–Crippen MR) is 87.9 cm³/mol. The van der Waals surface area contributed by atoms with Crippen molar-refractivity contribution in [1.29, 1.82) is 0 Å². The van der Waals surface area contributed by atoms with Crippen LogP contribution in [0, 0.1) is 12.8 Å². The normalized spacial score (nSPS) is 12.9. The lowest BCUT2D eigenvalue weighted by Crippen LogP contribution is -2.09. The Balaban J connectivity index is 1.70. The van der Waals surface area contributed by atoms with Crippen LogP contribution < -0.4 is 0 Å². The highest BCUT2D eigenvalue weighted by Crippen LogP contribution is 2.19. The summed E-state index contributed by atoms with van der Waals surface area (Å²) in [6.45, 7) is 8.49. The molecule has 122 valence electrons. The third-order valence-corrected chi connectivity index (χ3v) is 3.75. The highest BCUT2D eigenvalue weighted by atomic mass is 15.4. The van der Waals surface area contributed by atoms with E-state index < -0.39 is 0 Å². The van der Waals surface area contributed by atoms with Crippen LogP contribution in [0.2, 0.25) is 0 Å². The van der Waals surface area contributed by atoms with Crippen LogP contribution in [0.25, 0.3) is 11.4 Å². The van der Waals surface area contributed by atoms with Crippen molar-refractivity contribution in [2.24, 2.45) is 5.92 Å². The van der Waals surface area contributed by atoms with Gasteiger partial charge >= 0.3 is 0 Å². The number of hydrogen-bond acceptors (Lipinski definition) is 4. The summed E-state index contributed by atoms with van der Waals surface area (Å²) in [6, 6.07) is 4.30. The largest absolute Gasteiger partial charge is 0.283 e. The molecule has 3 aromatic heterocycles. The molecule has 0 unspecified atom stereocenters. The zero-order valence-electron chi connectivity index (χ0n) is 14.0. The Bertz CT molecular complexity index is 765. The van der Waals surface area contributed by atoms with Crippen molar-refractivity contribution < 1.29 is 0 Å². The third-order valence-electron chi connectivity index (χ3n) is 3.75. The van der Waals surface area contributed by atoms with Gasteiger partial charge in [-0.15, -0.1) is 5.10 Å². The van der Waals surface area contributed by atoms with E-state index in [1.165, 1.54) is 0 Å². The molecule has 7 nitrogen and oxygen atoms in total. The molecule has 0 aliphatic rings. The zero-order valence-corrected chi connectivity index (χ0v) is 14.0. The standard InChI is InChI=1S/C16H23N7/c1-10(2)5-13-8-15(20-19-13)16-9-23(22-21-16)12(4)7-14-6-11(3)17-18-14/h6,8-10,12H,5,7H2,1-4H3,(H,17,18)(H,19,20)/t12-/m1/s1. The fourth-order valence-corrected chi connectivity index (χ4v) is 2.62. The number of aromatic amines is 2. The summed E-state index contributed by atoms with van der Waals surface area (Å²) >= 11 is 0. The summed E-state index contributed by atoms with van der Waals surface area (Å²) in [7, 11) is 0. The second-order valence-electron chi connectivity index (χ2n) is 6.56. The van der Waals surface area contributed by atoms with Crippen LogP contribution in [0.4, 0.5) is 0 Å². The summed E-state index contributed by atoms with van der Waals surface area (Å²) in [4.78, 5) is 0. The monoisotopic (exact) mass is 313 g/mol. The maximum absolute atomic E-state index is 4.34. The third kappa shape index (κ3) is 3.67. The minimum absolute atomic E-state index is 0.188. The van der Waals surface area contributed by atoms with E-state index in [4.69, 9.17) is 0 Å². The van der Waals surface area contributed by atoms with E-state index in [0.717, 1.165) is 41.3 Å². The first-order valence-electron chi connectivity index (χ1n) is 7.98. The van der Waals surface area contributed by atoms with Crippen molar-refractivity contribution in [1.82, 2.24) is 35.4 Å². The lowest BCUT2D eigenvalue weighted by molar-refractivity contribution is 0.470. The molecule has 3 rings (SSSR count). The summed E-state index contributed by atoms with van der Waals surface area (Å²) in [5, 5.41) is 23.1. The SMILES string of the molecule is Cc1cc(C[C@@H](C)n2cc(-c3cc(CC(C)C)[nH]n3)nn2)n[nH]1. The Morgan fingerprint density at radius 2 is 1.87 bits per heavy atom. The highest BCUT2D eigenvalue weighted by Gasteiger charge is 2.14. The maximum Gasteiger partial charge on any atom is 0.133 e. The fraction of sp³-hybridized carbons (Fsp3) is 0.500. The Hall–Kier alpha value is -2.44. The van der Waals surface area contributed by atoms with Crippen molar-refractivity contribution in [2.45, 2.75) is 46.6 Å². The van der Waals surface area contributed by atoms with Gasteiger partial charge in [0.2, 0.25) is 0 Å². The van der Waals surface area contributed by atoms with Crippen molar-refractivity contribution in [2.75, 3.05) is 0 Å². The van der Waals surface area contributed by atoms with Gasteiger partial charge in [0.05, 0.1) is 17.9 Å². The molecule has 0 aromatic carbocycles. The van der Waals surface area contributed by atoms with E-state index in [1.54, 1.807) is 0 Å². The molecular formula is C16H23N7. The van der Waals surface area contributed by atoms with E-state index in [-0.39, 0.29) is 6.04 Å². The van der Waals surface area contributed by atoms with Gasteiger partial charge in [-0.05, 0) is 38.3 Å². The molecule has 0 saturated heterocycles. The number of H-pyrrole nitrogens is 2. The molecule has 7 heteroatoms. The van der Waals surface area contributed by atoms with E-state index in [9.17, 15) is 0 Å². The summed E-state index contributed by atoms with van der Waals surface area (Å²) in [5.74, 6) is 0.594. The predicted octanol–water partition coefficient (Wildman–Crippen LogP) is 2.70. The van der Waals surface area contributed by atoms with E-state index in [0.29, 0.717) is 5.92 Å².